The van der Waals surface area contributed by atoms with E-state index in [1.807, 2.05) is 80.7 Å². The molecule has 1 heterocycles. The second-order valence-corrected chi connectivity index (χ2v) is 12.8. The van der Waals surface area contributed by atoms with Gasteiger partial charge in [0.25, 0.3) is 11.8 Å². The number of para-hydroxylation sites is 1. The van der Waals surface area contributed by atoms with Crippen LogP contribution in [0.2, 0.25) is 0 Å². The van der Waals surface area contributed by atoms with Gasteiger partial charge < -0.3 is 25.4 Å². The van der Waals surface area contributed by atoms with Crippen LogP contribution in [0.5, 0.6) is 11.5 Å². The topological polar surface area (TPSA) is 119 Å². The summed E-state index contributed by atoms with van der Waals surface area (Å²) < 4.78 is 11.2. The molecule has 0 bridgehead atoms. The van der Waals surface area contributed by atoms with Crippen molar-refractivity contribution < 1.29 is 23.9 Å². The molecule has 0 fully saturated rings. The van der Waals surface area contributed by atoms with Crippen molar-refractivity contribution in [1.82, 2.24) is 10.3 Å². The number of carbonyl (C=O) groups is 3. The molecule has 3 amide bonds. The number of rotatable bonds is 14. The van der Waals surface area contributed by atoms with Crippen LogP contribution in [0.15, 0.2) is 119 Å². The summed E-state index contributed by atoms with van der Waals surface area (Å²) in [5.41, 5.74) is 3.29. The minimum absolute atomic E-state index is 0.0415. The third kappa shape index (κ3) is 9.82. The lowest BCUT2D eigenvalue weighted by molar-refractivity contribution is -0.115. The first-order valence-corrected chi connectivity index (χ1v) is 17.5. The van der Waals surface area contributed by atoms with E-state index in [-0.39, 0.29) is 11.6 Å². The summed E-state index contributed by atoms with van der Waals surface area (Å²) in [6.07, 6.45) is 1.59. The first-order chi connectivity index (χ1) is 23.8. The average molecular weight is 693 g/mol. The van der Waals surface area contributed by atoms with Crippen molar-refractivity contribution >= 4 is 57.7 Å². The number of anilines is 2. The number of nitrogens with one attached hydrogen (secondary N) is 3. The van der Waals surface area contributed by atoms with E-state index in [4.69, 9.17) is 9.47 Å². The summed E-state index contributed by atoms with van der Waals surface area (Å²) in [7, 11) is 0. The number of benzene rings is 4. The van der Waals surface area contributed by atoms with Crippen LogP contribution in [0.1, 0.15) is 36.7 Å². The Morgan fingerprint density at radius 2 is 1.59 bits per heavy atom. The zero-order valence-corrected chi connectivity index (χ0v) is 28.9. The highest BCUT2D eigenvalue weighted by Crippen LogP contribution is 2.30. The second-order valence-electron chi connectivity index (χ2n) is 10.6. The van der Waals surface area contributed by atoms with Gasteiger partial charge in [-0.1, -0.05) is 42.5 Å². The van der Waals surface area contributed by atoms with Gasteiger partial charge in [-0.05, 0) is 87.5 Å². The number of ether oxygens (including phenoxy) is 2. The van der Waals surface area contributed by atoms with E-state index < -0.39 is 17.1 Å². The van der Waals surface area contributed by atoms with E-state index in [1.54, 1.807) is 54.6 Å². The number of carbonyl (C=O) groups excluding carboxylic acids is 3. The Labute approximate surface area is 293 Å². The van der Waals surface area contributed by atoms with Crippen molar-refractivity contribution in [3.63, 3.8) is 0 Å². The Morgan fingerprint density at radius 3 is 2.35 bits per heavy atom. The highest BCUT2D eigenvalue weighted by molar-refractivity contribution is 8.00. The van der Waals surface area contributed by atoms with Gasteiger partial charge in [0.2, 0.25) is 5.91 Å². The lowest BCUT2D eigenvalue weighted by Gasteiger charge is -2.14. The van der Waals surface area contributed by atoms with Crippen LogP contribution in [0.4, 0.5) is 10.8 Å². The average Bonchev–Trinajstić information content (AvgIpc) is 3.58. The van der Waals surface area contributed by atoms with Gasteiger partial charge in [0.15, 0.2) is 5.13 Å². The molecule has 9 nitrogen and oxygen atoms in total. The van der Waals surface area contributed by atoms with Crippen LogP contribution in [-0.4, -0.2) is 41.2 Å². The number of thiazole rings is 1. The summed E-state index contributed by atoms with van der Waals surface area (Å²) >= 11 is 2.70. The SMILES string of the molecule is CCOc1ccc(-c2csc(NC(=O)C(C)Sc3cccc(NC(=O)/C(=C\c4ccccc4OCC)NC(=O)c4ccccc4)c3)n2)cc1. The van der Waals surface area contributed by atoms with E-state index in [0.717, 1.165) is 21.9 Å². The Bertz CT molecular complexity index is 1930. The summed E-state index contributed by atoms with van der Waals surface area (Å²) in [5, 5.41) is 10.5. The molecule has 5 rings (SSSR count). The van der Waals surface area contributed by atoms with Gasteiger partial charge >= 0.3 is 0 Å². The fraction of sp³-hybridized carbons (Fsp3) is 0.158. The first-order valence-electron chi connectivity index (χ1n) is 15.7. The molecule has 3 N–H and O–H groups in total. The molecule has 4 aromatic carbocycles. The molecule has 0 saturated heterocycles. The fourth-order valence-electron chi connectivity index (χ4n) is 4.65. The van der Waals surface area contributed by atoms with Gasteiger partial charge in [-0.3, -0.25) is 14.4 Å². The molecule has 0 radical (unpaired) electrons. The Kier molecular flexibility index (Phi) is 12.2. The largest absolute Gasteiger partial charge is 0.494 e. The summed E-state index contributed by atoms with van der Waals surface area (Å²) in [4.78, 5) is 45.2. The molecule has 250 valence electrons. The molecule has 0 spiro atoms. The van der Waals surface area contributed by atoms with Gasteiger partial charge in [-0.15, -0.1) is 23.1 Å². The lowest BCUT2D eigenvalue weighted by Crippen LogP contribution is -2.30. The maximum Gasteiger partial charge on any atom is 0.272 e. The van der Waals surface area contributed by atoms with Crippen molar-refractivity contribution in [3.05, 3.63) is 125 Å². The van der Waals surface area contributed by atoms with Crippen LogP contribution in [0.3, 0.4) is 0 Å². The number of aromatic nitrogens is 1. The second kappa shape index (κ2) is 17.1. The zero-order chi connectivity index (χ0) is 34.6. The van der Waals surface area contributed by atoms with Crippen molar-refractivity contribution in [2.24, 2.45) is 0 Å². The molecule has 49 heavy (non-hydrogen) atoms. The maximum atomic E-state index is 13.6. The zero-order valence-electron chi connectivity index (χ0n) is 27.3. The number of hydrogen-bond acceptors (Lipinski definition) is 8. The predicted molar refractivity (Wildman–Crippen MR) is 197 cm³/mol. The molecular formula is C38H36N4O5S2. The van der Waals surface area contributed by atoms with E-state index in [9.17, 15) is 14.4 Å². The van der Waals surface area contributed by atoms with Gasteiger partial charge in [0.1, 0.15) is 17.2 Å². The molecule has 11 heteroatoms. The first kappa shape index (κ1) is 34.9. The Balaban J connectivity index is 1.26. The van der Waals surface area contributed by atoms with Gasteiger partial charge in [0.05, 0.1) is 24.2 Å². The van der Waals surface area contributed by atoms with Crippen molar-refractivity contribution in [1.29, 1.82) is 0 Å². The molecule has 0 aliphatic carbocycles. The van der Waals surface area contributed by atoms with Crippen molar-refractivity contribution in [3.8, 4) is 22.8 Å². The standard InChI is InChI=1S/C38H36N4O5S2/c1-4-46-30-20-18-26(19-21-30)33-24-48-38(41-33)42-35(43)25(3)49-31-16-11-15-29(23-31)39-37(45)32(40-36(44)27-12-7-6-8-13-27)22-28-14-9-10-17-34(28)47-5-2/h6-25H,4-5H2,1-3H3,(H,39,45)(H,40,44)(H,41,42,43)/b32-22+. The van der Waals surface area contributed by atoms with Crippen LogP contribution in [0.25, 0.3) is 17.3 Å². The summed E-state index contributed by atoms with van der Waals surface area (Å²) in [6.45, 7) is 6.66. The normalized spacial score (nSPS) is 11.7. The minimum atomic E-state index is -0.518. The smallest absolute Gasteiger partial charge is 0.272 e. The van der Waals surface area contributed by atoms with E-state index in [0.29, 0.717) is 40.9 Å². The lowest BCUT2D eigenvalue weighted by atomic mass is 10.1. The highest BCUT2D eigenvalue weighted by atomic mass is 32.2. The third-order valence-corrected chi connectivity index (χ3v) is 8.87. The number of hydrogen-bond donors (Lipinski definition) is 3. The minimum Gasteiger partial charge on any atom is -0.494 e. The Morgan fingerprint density at radius 1 is 0.857 bits per heavy atom. The predicted octanol–water partition coefficient (Wildman–Crippen LogP) is 8.14. The van der Waals surface area contributed by atoms with Crippen LogP contribution in [-0.2, 0) is 9.59 Å². The molecule has 5 aromatic rings. The summed E-state index contributed by atoms with van der Waals surface area (Å²) in [6, 6.07) is 30.8. The quantitative estimate of drug-likeness (QED) is 0.0794. The van der Waals surface area contributed by atoms with E-state index in [2.05, 4.69) is 20.9 Å². The molecule has 0 aliphatic heterocycles. The van der Waals surface area contributed by atoms with Gasteiger partial charge in [-0.2, -0.15) is 0 Å². The maximum absolute atomic E-state index is 13.6. The molecular weight excluding hydrogens is 657 g/mol. The van der Waals surface area contributed by atoms with Crippen LogP contribution >= 0.6 is 23.1 Å². The third-order valence-electron chi connectivity index (χ3n) is 7.02. The number of amides is 3. The monoisotopic (exact) mass is 692 g/mol. The molecule has 1 atom stereocenters. The van der Waals surface area contributed by atoms with Crippen LogP contribution < -0.4 is 25.4 Å². The molecule has 1 aromatic heterocycles. The molecule has 0 aliphatic rings. The number of thioether (sulfide) groups is 1. The van der Waals surface area contributed by atoms with Crippen molar-refractivity contribution in [2.75, 3.05) is 23.8 Å². The fourth-order valence-corrected chi connectivity index (χ4v) is 6.30. The van der Waals surface area contributed by atoms with Crippen molar-refractivity contribution in [2.45, 2.75) is 30.9 Å². The van der Waals surface area contributed by atoms with E-state index >= 15 is 0 Å². The van der Waals surface area contributed by atoms with E-state index in [1.165, 1.54) is 23.1 Å². The highest BCUT2D eigenvalue weighted by Gasteiger charge is 2.19. The van der Waals surface area contributed by atoms with Crippen LogP contribution in [0, 0.1) is 0 Å². The molecule has 0 saturated carbocycles. The van der Waals surface area contributed by atoms with Gasteiger partial charge in [0, 0.05) is 32.7 Å². The summed E-state index contributed by atoms with van der Waals surface area (Å²) in [5.74, 6) is 0.232. The molecule has 1 unspecified atom stereocenters. The Hall–Kier alpha value is -5.39. The van der Waals surface area contributed by atoms with Gasteiger partial charge in [-0.25, -0.2) is 4.98 Å². The number of nitrogens with zero attached hydrogens (tertiary/aromatic N) is 1.